The molecule has 1 saturated heterocycles. The zero-order valence-electron chi connectivity index (χ0n) is 15.4. The van der Waals surface area contributed by atoms with Gasteiger partial charge in [-0.25, -0.2) is 0 Å². The van der Waals surface area contributed by atoms with E-state index in [2.05, 4.69) is 5.10 Å². The second kappa shape index (κ2) is 8.15. The Morgan fingerprint density at radius 1 is 1.30 bits per heavy atom. The zero-order valence-corrected chi connectivity index (χ0v) is 15.4. The van der Waals surface area contributed by atoms with Gasteiger partial charge in [-0.2, -0.15) is 18.3 Å². The molecule has 2 aromatic rings. The maximum absolute atomic E-state index is 13.1. The Morgan fingerprint density at radius 3 is 2.78 bits per heavy atom. The number of alkyl halides is 3. The molecule has 0 N–H and O–H groups in total. The first kappa shape index (κ1) is 19.5. The average molecular weight is 379 g/mol. The summed E-state index contributed by atoms with van der Waals surface area (Å²) in [6, 6.07) is 5.75. The highest BCUT2D eigenvalue weighted by Crippen LogP contribution is 2.33. The molecule has 146 valence electrons. The fraction of sp³-hybridized carbons (Fsp3) is 0.500. The Morgan fingerprint density at radius 2 is 2.07 bits per heavy atom. The number of carbonyl (C=O) groups is 1. The molecule has 1 aliphatic heterocycles. The van der Waals surface area contributed by atoms with Crippen LogP contribution in [0.4, 0.5) is 13.2 Å². The summed E-state index contributed by atoms with van der Waals surface area (Å²) in [6.07, 6.45) is 2.07. The predicted molar refractivity (Wildman–Crippen MR) is 96.0 cm³/mol. The molecule has 0 aliphatic carbocycles. The quantitative estimate of drug-likeness (QED) is 0.785. The lowest BCUT2D eigenvalue weighted by Crippen LogP contribution is -2.41. The molecule has 0 bridgehead atoms. The lowest BCUT2D eigenvalue weighted by Gasteiger charge is -2.33. The normalized spacial score (nSPS) is 17.9. The Kier molecular flexibility index (Phi) is 5.87. The Balaban J connectivity index is 1.57. The third-order valence-electron chi connectivity index (χ3n) is 5.08. The van der Waals surface area contributed by atoms with E-state index < -0.39 is 11.7 Å². The number of carbonyl (C=O) groups excluding carboxylic acids is 1. The van der Waals surface area contributed by atoms with Gasteiger partial charge in [0.2, 0.25) is 5.91 Å². The summed E-state index contributed by atoms with van der Waals surface area (Å²) in [5.41, 5.74) is 0.783. The van der Waals surface area contributed by atoms with E-state index >= 15 is 0 Å². The second-order valence-electron chi connectivity index (χ2n) is 7.26. The van der Waals surface area contributed by atoms with Crippen molar-refractivity contribution < 1.29 is 18.0 Å². The summed E-state index contributed by atoms with van der Waals surface area (Å²) in [5, 5.41) is 4.14. The number of nitrogens with zero attached hydrogens (tertiary/aromatic N) is 3. The molecule has 3 rings (SSSR count). The maximum atomic E-state index is 13.1. The van der Waals surface area contributed by atoms with E-state index in [-0.39, 0.29) is 18.4 Å². The molecule has 1 amide bonds. The number of aryl methyl sites for hydroxylation is 2. The van der Waals surface area contributed by atoms with Gasteiger partial charge in [0.15, 0.2) is 0 Å². The van der Waals surface area contributed by atoms with Crippen LogP contribution in [0.5, 0.6) is 0 Å². The van der Waals surface area contributed by atoms with Gasteiger partial charge in [0.25, 0.3) is 0 Å². The fourth-order valence-electron chi connectivity index (χ4n) is 3.69. The first-order valence-corrected chi connectivity index (χ1v) is 9.25. The first-order chi connectivity index (χ1) is 12.8. The fourth-order valence-corrected chi connectivity index (χ4v) is 3.69. The molecule has 7 heteroatoms. The van der Waals surface area contributed by atoms with Gasteiger partial charge in [-0.1, -0.05) is 18.2 Å². The molecule has 1 atom stereocenters. The average Bonchev–Trinajstić information content (AvgIpc) is 3.04. The molecule has 1 aliphatic rings. The lowest BCUT2D eigenvalue weighted by atomic mass is 9.90. The third kappa shape index (κ3) is 5.11. The van der Waals surface area contributed by atoms with Crippen LogP contribution in [0, 0.1) is 12.8 Å². The molecule has 27 heavy (non-hydrogen) atoms. The number of amides is 1. The van der Waals surface area contributed by atoms with Crippen LogP contribution in [0.2, 0.25) is 0 Å². The van der Waals surface area contributed by atoms with Crippen molar-refractivity contribution in [2.45, 2.75) is 45.3 Å². The summed E-state index contributed by atoms with van der Waals surface area (Å²) in [4.78, 5) is 14.3. The van der Waals surface area contributed by atoms with E-state index in [0.717, 1.165) is 24.5 Å². The number of hydrogen-bond acceptors (Lipinski definition) is 2. The van der Waals surface area contributed by atoms with Crippen LogP contribution >= 0.6 is 0 Å². The Hall–Kier alpha value is -2.31. The lowest BCUT2D eigenvalue weighted by molar-refractivity contribution is -0.138. The number of halogens is 3. The van der Waals surface area contributed by atoms with E-state index in [4.69, 9.17) is 0 Å². The maximum Gasteiger partial charge on any atom is 0.416 e. The van der Waals surface area contributed by atoms with E-state index in [0.29, 0.717) is 31.5 Å². The zero-order chi connectivity index (χ0) is 19.4. The van der Waals surface area contributed by atoms with Gasteiger partial charge < -0.3 is 4.90 Å². The highest BCUT2D eigenvalue weighted by Gasteiger charge is 2.33. The molecule has 0 spiro atoms. The minimum atomic E-state index is -4.33. The SMILES string of the molecule is Cc1cnn(CC(=O)N2CCC[C@@H](CCc3ccccc3C(F)(F)F)C2)c1. The van der Waals surface area contributed by atoms with Crippen LogP contribution in [-0.4, -0.2) is 33.7 Å². The highest BCUT2D eigenvalue weighted by molar-refractivity contribution is 5.76. The van der Waals surface area contributed by atoms with Crippen LogP contribution in [-0.2, 0) is 23.9 Å². The summed E-state index contributed by atoms with van der Waals surface area (Å²) in [5.74, 6) is 0.238. The van der Waals surface area contributed by atoms with Gasteiger partial charge in [0, 0.05) is 19.3 Å². The van der Waals surface area contributed by atoms with Crippen molar-refractivity contribution in [3.05, 3.63) is 53.3 Å². The number of aromatic nitrogens is 2. The summed E-state index contributed by atoms with van der Waals surface area (Å²) in [6.45, 7) is 3.43. The van der Waals surface area contributed by atoms with Crippen LogP contribution < -0.4 is 0 Å². The molecule has 0 radical (unpaired) electrons. The smallest absolute Gasteiger partial charge is 0.341 e. The Bertz CT molecular complexity index is 785. The van der Waals surface area contributed by atoms with Crippen LogP contribution in [0.15, 0.2) is 36.7 Å². The van der Waals surface area contributed by atoms with Gasteiger partial charge in [0.1, 0.15) is 6.54 Å². The van der Waals surface area contributed by atoms with Crippen molar-refractivity contribution in [3.8, 4) is 0 Å². The second-order valence-corrected chi connectivity index (χ2v) is 7.26. The predicted octanol–water partition coefficient (Wildman–Crippen LogP) is 4.08. The van der Waals surface area contributed by atoms with Crippen molar-refractivity contribution in [1.29, 1.82) is 0 Å². The number of likely N-dealkylation sites (tertiary alicyclic amines) is 1. The monoisotopic (exact) mass is 379 g/mol. The summed E-state index contributed by atoms with van der Waals surface area (Å²) >= 11 is 0. The van der Waals surface area contributed by atoms with Crippen LogP contribution in [0.1, 0.15) is 36.0 Å². The van der Waals surface area contributed by atoms with Crippen LogP contribution in [0.25, 0.3) is 0 Å². The van der Waals surface area contributed by atoms with Crippen molar-refractivity contribution in [2.24, 2.45) is 5.92 Å². The van der Waals surface area contributed by atoms with Gasteiger partial charge in [-0.05, 0) is 55.7 Å². The van der Waals surface area contributed by atoms with E-state index in [1.54, 1.807) is 23.0 Å². The molecule has 0 unspecified atom stereocenters. The molecular formula is C20H24F3N3O. The van der Waals surface area contributed by atoms with Crippen molar-refractivity contribution in [1.82, 2.24) is 14.7 Å². The number of rotatable bonds is 5. The molecule has 1 aromatic heterocycles. The molecule has 1 aromatic carbocycles. The molecule has 4 nitrogen and oxygen atoms in total. The Labute approximate surface area is 157 Å². The van der Waals surface area contributed by atoms with E-state index in [1.807, 2.05) is 18.0 Å². The minimum Gasteiger partial charge on any atom is -0.341 e. The van der Waals surface area contributed by atoms with Gasteiger partial charge >= 0.3 is 6.18 Å². The van der Waals surface area contributed by atoms with E-state index in [1.165, 1.54) is 6.07 Å². The number of piperidine rings is 1. The summed E-state index contributed by atoms with van der Waals surface area (Å²) in [7, 11) is 0. The van der Waals surface area contributed by atoms with Crippen molar-refractivity contribution in [3.63, 3.8) is 0 Å². The minimum absolute atomic E-state index is 0.0125. The van der Waals surface area contributed by atoms with Gasteiger partial charge in [-0.15, -0.1) is 0 Å². The molecule has 2 heterocycles. The topological polar surface area (TPSA) is 38.1 Å². The number of benzene rings is 1. The summed E-state index contributed by atoms with van der Waals surface area (Å²) < 4.78 is 41.0. The first-order valence-electron chi connectivity index (χ1n) is 9.25. The third-order valence-corrected chi connectivity index (χ3v) is 5.08. The van der Waals surface area contributed by atoms with Gasteiger partial charge in [0.05, 0.1) is 11.8 Å². The largest absolute Gasteiger partial charge is 0.416 e. The van der Waals surface area contributed by atoms with Crippen LogP contribution in [0.3, 0.4) is 0 Å². The molecule has 1 fully saturated rings. The van der Waals surface area contributed by atoms with Crippen molar-refractivity contribution in [2.75, 3.05) is 13.1 Å². The molecule has 0 saturated carbocycles. The standard InChI is InChI=1S/C20H24F3N3O/c1-15-11-24-26(12-15)14-19(27)25-10-4-5-16(13-25)8-9-17-6-2-3-7-18(17)20(21,22)23/h2-3,6-7,11-12,16H,4-5,8-10,13-14H2,1H3/t16-/m0/s1. The van der Waals surface area contributed by atoms with Gasteiger partial charge in [-0.3, -0.25) is 9.48 Å². The van der Waals surface area contributed by atoms with E-state index in [9.17, 15) is 18.0 Å². The molecular weight excluding hydrogens is 355 g/mol. The highest BCUT2D eigenvalue weighted by atomic mass is 19.4. The van der Waals surface area contributed by atoms with Crippen molar-refractivity contribution >= 4 is 5.91 Å². The number of hydrogen-bond donors (Lipinski definition) is 0.